The Balaban J connectivity index is 2.71. The number of hydrogen-bond donors (Lipinski definition) is 2. The van der Waals surface area contributed by atoms with E-state index in [4.69, 9.17) is 5.84 Å². The summed E-state index contributed by atoms with van der Waals surface area (Å²) in [5.74, 6) is 5.89. The van der Waals surface area contributed by atoms with E-state index in [1.807, 2.05) is 0 Å². The van der Waals surface area contributed by atoms with Crippen LogP contribution in [-0.4, -0.2) is 29.6 Å². The van der Waals surface area contributed by atoms with Crippen molar-refractivity contribution in [3.05, 3.63) is 0 Å². The van der Waals surface area contributed by atoms with Crippen LogP contribution in [0, 0.1) is 5.41 Å². The molecule has 0 spiro atoms. The van der Waals surface area contributed by atoms with Crippen molar-refractivity contribution < 1.29 is 0 Å². The van der Waals surface area contributed by atoms with Gasteiger partial charge in [-0.15, -0.1) is 0 Å². The lowest BCUT2D eigenvalue weighted by atomic mass is 9.80. The number of nitrogens with zero attached hydrogens (tertiary/aromatic N) is 1. The van der Waals surface area contributed by atoms with E-state index in [9.17, 15) is 0 Å². The molecule has 3 nitrogen and oxygen atoms in total. The molecule has 1 aliphatic heterocycles. The van der Waals surface area contributed by atoms with Gasteiger partial charge in [-0.2, -0.15) is 0 Å². The van der Waals surface area contributed by atoms with E-state index in [1.54, 1.807) is 0 Å². The van der Waals surface area contributed by atoms with Gasteiger partial charge < -0.3 is 0 Å². The first-order chi connectivity index (χ1) is 8.83. The molecule has 1 aliphatic rings. The minimum atomic E-state index is 0.195. The number of piperidine rings is 1. The molecule has 1 fully saturated rings. The van der Waals surface area contributed by atoms with Gasteiger partial charge >= 0.3 is 0 Å². The van der Waals surface area contributed by atoms with Gasteiger partial charge in [-0.05, 0) is 57.5 Å². The molecule has 1 rings (SSSR count). The van der Waals surface area contributed by atoms with Crippen LogP contribution in [0.1, 0.15) is 73.1 Å². The Kier molecular flexibility index (Phi) is 6.28. The summed E-state index contributed by atoms with van der Waals surface area (Å²) in [6.07, 6.45) is 7.59. The van der Waals surface area contributed by atoms with E-state index in [0.717, 1.165) is 12.8 Å². The Labute approximate surface area is 120 Å². The maximum absolute atomic E-state index is 5.89. The lowest BCUT2D eigenvalue weighted by molar-refractivity contribution is 0.0367. The first-order valence-corrected chi connectivity index (χ1v) is 8.04. The number of nitrogens with one attached hydrogen (secondary N) is 1. The molecule has 0 saturated carbocycles. The van der Waals surface area contributed by atoms with E-state index >= 15 is 0 Å². The number of rotatable bonds is 6. The van der Waals surface area contributed by atoms with Crippen LogP contribution in [-0.2, 0) is 0 Å². The van der Waals surface area contributed by atoms with Crippen LogP contribution in [0.3, 0.4) is 0 Å². The molecule has 2 unspecified atom stereocenters. The largest absolute Gasteiger partial charge is 0.296 e. The van der Waals surface area contributed by atoms with E-state index in [2.05, 4.69) is 44.9 Å². The normalized spacial score (nSPS) is 23.1. The molecule has 0 aromatic carbocycles. The van der Waals surface area contributed by atoms with Gasteiger partial charge in [0.25, 0.3) is 0 Å². The molecule has 0 amide bonds. The van der Waals surface area contributed by atoms with Gasteiger partial charge in [-0.1, -0.05) is 34.1 Å². The zero-order valence-electron chi connectivity index (χ0n) is 13.8. The molecular formula is C16H35N3. The summed E-state index contributed by atoms with van der Waals surface area (Å²) in [5, 5.41) is 0. The number of hydrogen-bond acceptors (Lipinski definition) is 3. The number of nitrogens with two attached hydrogens (primary N) is 1. The lowest BCUT2D eigenvalue weighted by Gasteiger charge is -2.48. The van der Waals surface area contributed by atoms with Gasteiger partial charge in [0.05, 0.1) is 0 Å². The third kappa shape index (κ3) is 4.73. The molecule has 3 heteroatoms. The smallest absolute Gasteiger partial charge is 0.0392 e. The van der Waals surface area contributed by atoms with Crippen LogP contribution in [0.5, 0.6) is 0 Å². The molecule has 1 heterocycles. The summed E-state index contributed by atoms with van der Waals surface area (Å²) in [4.78, 5) is 2.67. The first kappa shape index (κ1) is 16.9. The van der Waals surface area contributed by atoms with Crippen LogP contribution in [0.2, 0.25) is 0 Å². The minimum Gasteiger partial charge on any atom is -0.296 e. The Hall–Kier alpha value is -0.120. The van der Waals surface area contributed by atoms with Crippen LogP contribution in [0.25, 0.3) is 0 Å². The van der Waals surface area contributed by atoms with Gasteiger partial charge in [-0.3, -0.25) is 16.2 Å². The number of hydrazine groups is 1. The fraction of sp³-hybridized carbons (Fsp3) is 1.00. The summed E-state index contributed by atoms with van der Waals surface area (Å²) < 4.78 is 0. The van der Waals surface area contributed by atoms with E-state index in [0.29, 0.717) is 11.5 Å². The van der Waals surface area contributed by atoms with Crippen molar-refractivity contribution in [1.82, 2.24) is 10.3 Å². The molecule has 19 heavy (non-hydrogen) atoms. The lowest BCUT2D eigenvalue weighted by Crippen LogP contribution is -2.62. The third-order valence-corrected chi connectivity index (χ3v) is 4.93. The molecule has 0 aromatic rings. The molecule has 0 aromatic heterocycles. The zero-order valence-corrected chi connectivity index (χ0v) is 13.8. The second-order valence-electron chi connectivity index (χ2n) is 7.58. The van der Waals surface area contributed by atoms with Crippen LogP contribution in [0.15, 0.2) is 0 Å². The van der Waals surface area contributed by atoms with E-state index in [1.165, 1.54) is 38.8 Å². The third-order valence-electron chi connectivity index (χ3n) is 4.93. The Morgan fingerprint density at radius 3 is 2.11 bits per heavy atom. The molecule has 114 valence electrons. The highest BCUT2D eigenvalue weighted by Crippen LogP contribution is 2.31. The Morgan fingerprint density at radius 1 is 1.11 bits per heavy atom. The highest BCUT2D eigenvalue weighted by atomic mass is 15.3. The molecule has 0 aliphatic carbocycles. The minimum absolute atomic E-state index is 0.195. The standard InChI is InChI=1S/C16H35N3/c1-6-16(5,19-12-8-7-9-13-19)14(18-17)10-11-15(2,3)4/h14,18H,6-13,17H2,1-5H3. The monoisotopic (exact) mass is 269 g/mol. The van der Waals surface area contributed by atoms with Gasteiger partial charge in [0, 0.05) is 11.6 Å². The highest BCUT2D eigenvalue weighted by Gasteiger charge is 2.38. The number of likely N-dealkylation sites (tertiary alicyclic amines) is 1. The van der Waals surface area contributed by atoms with Crippen molar-refractivity contribution in [3.8, 4) is 0 Å². The van der Waals surface area contributed by atoms with Crippen LogP contribution >= 0.6 is 0 Å². The average molecular weight is 269 g/mol. The molecule has 0 bridgehead atoms. The fourth-order valence-electron chi connectivity index (χ4n) is 3.25. The van der Waals surface area contributed by atoms with Crippen molar-refractivity contribution in [1.29, 1.82) is 0 Å². The maximum atomic E-state index is 5.89. The highest BCUT2D eigenvalue weighted by molar-refractivity contribution is 4.96. The van der Waals surface area contributed by atoms with Gasteiger partial charge in [0.2, 0.25) is 0 Å². The van der Waals surface area contributed by atoms with Crippen molar-refractivity contribution in [2.75, 3.05) is 13.1 Å². The predicted molar refractivity (Wildman–Crippen MR) is 83.9 cm³/mol. The molecule has 3 N–H and O–H groups in total. The van der Waals surface area contributed by atoms with Crippen molar-refractivity contribution in [3.63, 3.8) is 0 Å². The molecular weight excluding hydrogens is 234 g/mol. The molecule has 0 radical (unpaired) electrons. The second kappa shape index (κ2) is 7.05. The fourth-order valence-corrected chi connectivity index (χ4v) is 3.25. The Morgan fingerprint density at radius 2 is 1.68 bits per heavy atom. The summed E-state index contributed by atoms with van der Waals surface area (Å²) in [5.41, 5.74) is 3.70. The van der Waals surface area contributed by atoms with E-state index < -0.39 is 0 Å². The predicted octanol–water partition coefficient (Wildman–Crippen LogP) is 3.30. The summed E-state index contributed by atoms with van der Waals surface area (Å²) >= 11 is 0. The van der Waals surface area contributed by atoms with Gasteiger partial charge in [0.15, 0.2) is 0 Å². The van der Waals surface area contributed by atoms with Crippen molar-refractivity contribution in [2.24, 2.45) is 11.3 Å². The zero-order chi connectivity index (χ0) is 14.5. The first-order valence-electron chi connectivity index (χ1n) is 8.04. The maximum Gasteiger partial charge on any atom is 0.0392 e. The molecule has 2 atom stereocenters. The Bertz CT molecular complexity index is 253. The second-order valence-corrected chi connectivity index (χ2v) is 7.58. The van der Waals surface area contributed by atoms with E-state index in [-0.39, 0.29) is 5.54 Å². The van der Waals surface area contributed by atoms with Crippen molar-refractivity contribution in [2.45, 2.75) is 84.7 Å². The molecule has 1 saturated heterocycles. The average Bonchev–Trinajstić information content (AvgIpc) is 2.38. The SMILES string of the molecule is CCC(C)(C(CCC(C)(C)C)NN)N1CCCCC1. The summed E-state index contributed by atoms with van der Waals surface area (Å²) in [6.45, 7) is 14.1. The topological polar surface area (TPSA) is 41.3 Å². The summed E-state index contributed by atoms with van der Waals surface area (Å²) in [6, 6.07) is 0.384. The van der Waals surface area contributed by atoms with Gasteiger partial charge in [-0.25, -0.2) is 0 Å². The van der Waals surface area contributed by atoms with Crippen LogP contribution in [0.4, 0.5) is 0 Å². The van der Waals surface area contributed by atoms with Crippen molar-refractivity contribution >= 4 is 0 Å². The quantitative estimate of drug-likeness (QED) is 0.574. The summed E-state index contributed by atoms with van der Waals surface area (Å²) in [7, 11) is 0. The van der Waals surface area contributed by atoms with Gasteiger partial charge in [0.1, 0.15) is 0 Å². The van der Waals surface area contributed by atoms with Crippen LogP contribution < -0.4 is 11.3 Å².